The first-order chi connectivity index (χ1) is 8.83. The van der Waals surface area contributed by atoms with Crippen molar-refractivity contribution in [3.8, 4) is 11.5 Å². The van der Waals surface area contributed by atoms with Crippen molar-refractivity contribution in [3.05, 3.63) is 18.0 Å². The van der Waals surface area contributed by atoms with Crippen LogP contribution in [0.1, 0.15) is 25.0 Å². The summed E-state index contributed by atoms with van der Waals surface area (Å²) in [5.74, 6) is 1.45. The summed E-state index contributed by atoms with van der Waals surface area (Å²) < 4.78 is 11.8. The van der Waals surface area contributed by atoms with Crippen molar-refractivity contribution in [1.29, 1.82) is 0 Å². The van der Waals surface area contributed by atoms with Gasteiger partial charge in [0.2, 0.25) is 0 Å². The van der Waals surface area contributed by atoms with Crippen LogP contribution in [0.15, 0.2) is 12.3 Å². The Morgan fingerprint density at radius 3 is 2.72 bits per heavy atom. The minimum absolute atomic E-state index is 0.713. The number of halogens is 1. The smallest absolute Gasteiger partial charge is 0.183 e. The molecule has 5 heteroatoms. The highest BCUT2D eigenvalue weighted by Gasteiger charge is 2.09. The van der Waals surface area contributed by atoms with Crippen LogP contribution in [0, 0.1) is 0 Å². The Hall–Kier alpha value is -0.560. The third-order valence-corrected chi connectivity index (χ3v) is 3.41. The fraction of sp³-hybridized carbons (Fsp3) is 0.615. The molecule has 0 radical (unpaired) electrons. The lowest BCUT2D eigenvalue weighted by molar-refractivity contribution is 0.348. The Morgan fingerprint density at radius 2 is 2.06 bits per heavy atom. The molecule has 102 valence electrons. The van der Waals surface area contributed by atoms with E-state index in [0.29, 0.717) is 6.54 Å². The van der Waals surface area contributed by atoms with E-state index in [0.717, 1.165) is 23.7 Å². The summed E-state index contributed by atoms with van der Waals surface area (Å²) in [5, 5.41) is 3.39. The highest BCUT2D eigenvalue weighted by molar-refractivity contribution is 14.1. The Balaban J connectivity index is 2.41. The molecule has 1 rings (SSSR count). The zero-order valence-electron chi connectivity index (χ0n) is 11.0. The maximum Gasteiger partial charge on any atom is 0.183 e. The van der Waals surface area contributed by atoms with Gasteiger partial charge < -0.3 is 14.8 Å². The fourth-order valence-corrected chi connectivity index (χ4v) is 2.24. The van der Waals surface area contributed by atoms with Gasteiger partial charge in [-0.05, 0) is 23.8 Å². The first kappa shape index (κ1) is 15.5. The van der Waals surface area contributed by atoms with E-state index >= 15 is 0 Å². The molecule has 0 fully saturated rings. The highest BCUT2D eigenvalue weighted by atomic mass is 127. The summed E-state index contributed by atoms with van der Waals surface area (Å²) in [6, 6.07) is 1.81. The van der Waals surface area contributed by atoms with E-state index in [1.165, 1.54) is 23.7 Å². The van der Waals surface area contributed by atoms with E-state index in [9.17, 15) is 0 Å². The third-order valence-electron chi connectivity index (χ3n) is 2.65. The molecule has 0 atom stereocenters. The number of rotatable bonds is 9. The Kier molecular flexibility index (Phi) is 8.08. The van der Waals surface area contributed by atoms with Gasteiger partial charge in [0.1, 0.15) is 0 Å². The molecule has 18 heavy (non-hydrogen) atoms. The van der Waals surface area contributed by atoms with Gasteiger partial charge in [0.25, 0.3) is 0 Å². The molecule has 1 aromatic rings. The van der Waals surface area contributed by atoms with Gasteiger partial charge in [-0.3, -0.25) is 4.98 Å². The number of alkyl halides is 1. The number of hydrogen-bond acceptors (Lipinski definition) is 4. The minimum atomic E-state index is 0.713. The number of pyridine rings is 1. The number of unbranched alkanes of at least 4 members (excludes halogenated alkanes) is 2. The summed E-state index contributed by atoms with van der Waals surface area (Å²) in [6.07, 6.45) is 5.52. The van der Waals surface area contributed by atoms with E-state index in [-0.39, 0.29) is 0 Å². The van der Waals surface area contributed by atoms with E-state index in [2.05, 4.69) is 32.9 Å². The SMILES string of the molecule is COc1ccnc(CNCCCCCI)c1OC. The van der Waals surface area contributed by atoms with Crippen LogP contribution in [0.5, 0.6) is 11.5 Å². The topological polar surface area (TPSA) is 43.4 Å². The van der Waals surface area contributed by atoms with Gasteiger partial charge in [-0.1, -0.05) is 29.0 Å². The molecular formula is C13H21IN2O2. The van der Waals surface area contributed by atoms with Crippen molar-refractivity contribution in [3.63, 3.8) is 0 Å². The van der Waals surface area contributed by atoms with E-state index in [1.807, 2.05) is 6.07 Å². The molecule has 0 spiro atoms. The number of nitrogens with zero attached hydrogens (tertiary/aromatic N) is 1. The van der Waals surface area contributed by atoms with Crippen molar-refractivity contribution >= 4 is 22.6 Å². The lowest BCUT2D eigenvalue weighted by Gasteiger charge is -2.12. The predicted octanol–water partition coefficient (Wildman–Crippen LogP) is 2.79. The molecule has 0 aliphatic heterocycles. The minimum Gasteiger partial charge on any atom is -0.493 e. The van der Waals surface area contributed by atoms with Gasteiger partial charge in [-0.2, -0.15) is 0 Å². The normalized spacial score (nSPS) is 10.4. The van der Waals surface area contributed by atoms with Crippen molar-refractivity contribution in [1.82, 2.24) is 10.3 Å². The summed E-state index contributed by atoms with van der Waals surface area (Å²) in [5.41, 5.74) is 0.894. The second-order valence-electron chi connectivity index (χ2n) is 3.92. The zero-order valence-corrected chi connectivity index (χ0v) is 13.2. The third kappa shape index (κ3) is 4.97. The molecule has 1 N–H and O–H groups in total. The van der Waals surface area contributed by atoms with Crippen LogP contribution < -0.4 is 14.8 Å². The lowest BCUT2D eigenvalue weighted by Crippen LogP contribution is -2.16. The predicted molar refractivity (Wildman–Crippen MR) is 81.8 cm³/mol. The number of hydrogen-bond donors (Lipinski definition) is 1. The van der Waals surface area contributed by atoms with Gasteiger partial charge in [0, 0.05) is 18.8 Å². The van der Waals surface area contributed by atoms with Crippen LogP contribution in [0.3, 0.4) is 0 Å². The lowest BCUT2D eigenvalue weighted by atomic mass is 10.2. The summed E-state index contributed by atoms with van der Waals surface area (Å²) in [6.45, 7) is 1.73. The van der Waals surface area contributed by atoms with Crippen molar-refractivity contribution in [2.24, 2.45) is 0 Å². The van der Waals surface area contributed by atoms with Gasteiger partial charge in [0.15, 0.2) is 11.5 Å². The summed E-state index contributed by atoms with van der Waals surface area (Å²) in [4.78, 5) is 4.32. The van der Waals surface area contributed by atoms with Crippen LogP contribution in [-0.4, -0.2) is 30.2 Å². The second-order valence-corrected chi connectivity index (χ2v) is 5.00. The molecule has 0 bridgehead atoms. The monoisotopic (exact) mass is 364 g/mol. The van der Waals surface area contributed by atoms with Crippen molar-refractivity contribution in [2.45, 2.75) is 25.8 Å². The molecule has 0 saturated heterocycles. The van der Waals surface area contributed by atoms with E-state index < -0.39 is 0 Å². The first-order valence-corrected chi connectivity index (χ1v) is 7.68. The maximum absolute atomic E-state index is 5.33. The summed E-state index contributed by atoms with van der Waals surface area (Å²) in [7, 11) is 3.28. The maximum atomic E-state index is 5.33. The fourth-order valence-electron chi connectivity index (χ4n) is 1.70. The molecular weight excluding hydrogens is 343 g/mol. The van der Waals surface area contributed by atoms with Crippen molar-refractivity contribution in [2.75, 3.05) is 25.2 Å². The van der Waals surface area contributed by atoms with Gasteiger partial charge in [-0.15, -0.1) is 0 Å². The number of nitrogens with one attached hydrogen (secondary N) is 1. The molecule has 0 aromatic carbocycles. The number of methoxy groups -OCH3 is 2. The zero-order chi connectivity index (χ0) is 13.2. The second kappa shape index (κ2) is 9.38. The number of ether oxygens (including phenoxy) is 2. The van der Waals surface area contributed by atoms with Crippen LogP contribution >= 0.6 is 22.6 Å². The Labute approximate surface area is 123 Å². The van der Waals surface area contributed by atoms with Gasteiger partial charge >= 0.3 is 0 Å². The van der Waals surface area contributed by atoms with Crippen molar-refractivity contribution < 1.29 is 9.47 Å². The molecule has 0 saturated carbocycles. The Bertz CT molecular complexity index is 348. The largest absolute Gasteiger partial charge is 0.493 e. The molecule has 0 aliphatic rings. The molecule has 0 aliphatic carbocycles. The average Bonchev–Trinajstić information content (AvgIpc) is 2.42. The standard InChI is InChI=1S/C13H21IN2O2/c1-17-12-6-9-16-11(13(12)18-2)10-15-8-5-3-4-7-14/h6,9,15H,3-5,7-8,10H2,1-2H3. The molecule has 1 aromatic heterocycles. The van der Waals surface area contributed by atoms with Gasteiger partial charge in [0.05, 0.1) is 19.9 Å². The van der Waals surface area contributed by atoms with Crippen LogP contribution in [0.25, 0.3) is 0 Å². The highest BCUT2D eigenvalue weighted by Crippen LogP contribution is 2.28. The quantitative estimate of drug-likeness (QED) is 0.416. The summed E-state index contributed by atoms with van der Waals surface area (Å²) >= 11 is 2.41. The average molecular weight is 364 g/mol. The van der Waals surface area contributed by atoms with E-state index in [4.69, 9.17) is 9.47 Å². The van der Waals surface area contributed by atoms with E-state index in [1.54, 1.807) is 20.4 Å². The van der Waals surface area contributed by atoms with Crippen LogP contribution in [-0.2, 0) is 6.54 Å². The van der Waals surface area contributed by atoms with Gasteiger partial charge in [-0.25, -0.2) is 0 Å². The van der Waals surface area contributed by atoms with Crippen LogP contribution in [0.2, 0.25) is 0 Å². The molecule has 4 nitrogen and oxygen atoms in total. The number of aromatic nitrogens is 1. The Morgan fingerprint density at radius 1 is 1.22 bits per heavy atom. The molecule has 0 amide bonds. The first-order valence-electron chi connectivity index (χ1n) is 6.16. The molecule has 1 heterocycles. The molecule has 0 unspecified atom stereocenters. The van der Waals surface area contributed by atoms with Crippen LogP contribution in [0.4, 0.5) is 0 Å².